The molecule has 0 aromatic heterocycles. The van der Waals surface area contributed by atoms with E-state index in [-0.39, 0.29) is 10.6 Å². The van der Waals surface area contributed by atoms with Gasteiger partial charge in [0.1, 0.15) is 5.75 Å². The van der Waals surface area contributed by atoms with Crippen LogP contribution in [0.1, 0.15) is 108 Å². The number of hydrogen-bond acceptors (Lipinski definition) is 2. The minimum Gasteiger partial charge on any atom is -0.507 e. The predicted molar refractivity (Wildman–Crippen MR) is 153 cm³/mol. The van der Waals surface area contributed by atoms with Crippen molar-refractivity contribution in [2.45, 2.75) is 110 Å². The van der Waals surface area contributed by atoms with Crippen molar-refractivity contribution in [3.05, 3.63) is 52.6 Å². The van der Waals surface area contributed by atoms with Crippen molar-refractivity contribution in [2.24, 2.45) is 0 Å². The van der Waals surface area contributed by atoms with Crippen LogP contribution in [0.3, 0.4) is 0 Å². The molecule has 2 aromatic rings. The molecule has 0 spiro atoms. The number of aromatic hydroxyl groups is 1. The third-order valence-corrected chi connectivity index (χ3v) is 9.76. The normalized spacial score (nSPS) is 16.9. The fourth-order valence-corrected chi connectivity index (χ4v) is 7.22. The third-order valence-electron chi connectivity index (χ3n) is 7.72. The van der Waals surface area contributed by atoms with Gasteiger partial charge in [0.2, 0.25) is 0 Å². The number of phenolic OH excluding ortho intramolecular Hbond substituents is 1. The van der Waals surface area contributed by atoms with Crippen molar-refractivity contribution in [2.75, 3.05) is 18.0 Å². The third kappa shape index (κ3) is 6.17. The second-order valence-corrected chi connectivity index (χ2v) is 13.3. The number of anilines is 1. The molecule has 2 nitrogen and oxygen atoms in total. The highest BCUT2D eigenvalue weighted by Gasteiger charge is 2.35. The summed E-state index contributed by atoms with van der Waals surface area (Å²) in [5.74, 6) is 0.519. The number of nitrogens with zero attached hydrogens (tertiary/aromatic N) is 1. The molecule has 34 heavy (non-hydrogen) atoms. The van der Waals surface area contributed by atoms with Crippen LogP contribution in [-0.4, -0.2) is 18.2 Å². The van der Waals surface area contributed by atoms with Crippen molar-refractivity contribution in [1.29, 1.82) is 0 Å². The molecule has 3 heteroatoms. The van der Waals surface area contributed by atoms with Crippen LogP contribution in [0, 0.1) is 13.8 Å². The molecule has 2 aromatic carbocycles. The average Bonchev–Trinajstić information content (AvgIpc) is 2.81. The summed E-state index contributed by atoms with van der Waals surface area (Å²) >= 11 is 0. The van der Waals surface area contributed by atoms with Gasteiger partial charge in [0.15, 0.2) is 0 Å². The number of piperidine rings is 1. The lowest BCUT2D eigenvalue weighted by Gasteiger charge is -2.38. The maximum Gasteiger partial charge on any atom is 0.122 e. The SMILES string of the molecule is CCCCCC(CC)(Pc1ccc(C)cc1N1CCCCC1)c1cc(C(C)(C)C)cc(C)c1O. The van der Waals surface area contributed by atoms with E-state index in [9.17, 15) is 5.11 Å². The molecule has 0 saturated carbocycles. The predicted octanol–water partition coefficient (Wildman–Crippen LogP) is 8.49. The van der Waals surface area contributed by atoms with Gasteiger partial charge in [0.25, 0.3) is 0 Å². The van der Waals surface area contributed by atoms with E-state index >= 15 is 0 Å². The number of hydrogen-bond donors (Lipinski definition) is 1. The molecule has 0 aliphatic carbocycles. The second kappa shape index (κ2) is 11.5. The molecule has 1 aliphatic rings. The summed E-state index contributed by atoms with van der Waals surface area (Å²) in [6.45, 7) is 18.1. The lowest BCUT2D eigenvalue weighted by molar-refractivity contribution is 0.431. The Bertz CT molecular complexity index is 955. The molecule has 1 saturated heterocycles. The van der Waals surface area contributed by atoms with Gasteiger partial charge in [0, 0.05) is 29.5 Å². The molecule has 3 rings (SSSR count). The Hall–Kier alpha value is -1.53. The smallest absolute Gasteiger partial charge is 0.122 e. The Morgan fingerprint density at radius 3 is 2.26 bits per heavy atom. The number of unbranched alkanes of at least 4 members (excludes halogenated alkanes) is 2. The Balaban J connectivity index is 2.14. The summed E-state index contributed by atoms with van der Waals surface area (Å²) in [4.78, 5) is 2.63. The van der Waals surface area contributed by atoms with Gasteiger partial charge in [-0.15, -0.1) is 0 Å². The number of benzene rings is 2. The van der Waals surface area contributed by atoms with Crippen LogP contribution in [0.4, 0.5) is 5.69 Å². The maximum absolute atomic E-state index is 11.4. The lowest BCUT2D eigenvalue weighted by atomic mass is 9.80. The molecule has 1 aliphatic heterocycles. The topological polar surface area (TPSA) is 23.5 Å². The van der Waals surface area contributed by atoms with Crippen LogP contribution in [0.25, 0.3) is 0 Å². The van der Waals surface area contributed by atoms with Gasteiger partial charge in [-0.25, -0.2) is 0 Å². The zero-order valence-electron chi connectivity index (χ0n) is 22.9. The molecule has 2 unspecified atom stereocenters. The summed E-state index contributed by atoms with van der Waals surface area (Å²) in [7, 11) is 0.645. The first-order chi connectivity index (χ1) is 16.1. The Kier molecular flexibility index (Phi) is 9.13. The Morgan fingerprint density at radius 1 is 0.941 bits per heavy atom. The van der Waals surface area contributed by atoms with Crippen molar-refractivity contribution in [1.82, 2.24) is 0 Å². The van der Waals surface area contributed by atoms with Gasteiger partial charge in [-0.2, -0.15) is 0 Å². The van der Waals surface area contributed by atoms with Gasteiger partial charge in [0.05, 0.1) is 0 Å². The van der Waals surface area contributed by atoms with E-state index in [2.05, 4.69) is 83.7 Å². The van der Waals surface area contributed by atoms with Gasteiger partial charge in [-0.1, -0.05) is 86.7 Å². The number of rotatable bonds is 9. The van der Waals surface area contributed by atoms with Crippen LogP contribution in [0.2, 0.25) is 0 Å². The molecule has 188 valence electrons. The first-order valence-electron chi connectivity index (χ1n) is 13.6. The average molecular weight is 482 g/mol. The monoisotopic (exact) mass is 481 g/mol. The molecule has 1 heterocycles. The number of aryl methyl sites for hydroxylation is 2. The van der Waals surface area contributed by atoms with Crippen LogP contribution in [0.15, 0.2) is 30.3 Å². The second-order valence-electron chi connectivity index (χ2n) is 11.5. The van der Waals surface area contributed by atoms with Gasteiger partial charge < -0.3 is 10.0 Å². The van der Waals surface area contributed by atoms with E-state index in [1.807, 2.05) is 0 Å². The zero-order valence-corrected chi connectivity index (χ0v) is 23.9. The standard InChI is InChI=1S/C31H48NOP/c1-8-10-12-17-31(9-2,26-22-25(30(5,6)7)21-24(4)29(26)33)34-28-16-15-23(3)20-27(28)32-18-13-11-14-19-32/h15-16,20-22,33-34H,8-14,17-19H2,1-7H3. The Morgan fingerprint density at radius 2 is 1.65 bits per heavy atom. The lowest BCUT2D eigenvalue weighted by Crippen LogP contribution is -2.33. The first-order valence-corrected chi connectivity index (χ1v) is 14.6. The fourth-order valence-electron chi connectivity index (χ4n) is 5.38. The molecular weight excluding hydrogens is 433 g/mol. The van der Waals surface area contributed by atoms with E-state index in [4.69, 9.17) is 0 Å². The summed E-state index contributed by atoms with van der Waals surface area (Å²) < 4.78 is 0. The van der Waals surface area contributed by atoms with Crippen LogP contribution < -0.4 is 10.2 Å². The molecule has 1 fully saturated rings. The molecule has 0 bridgehead atoms. The van der Waals surface area contributed by atoms with E-state index < -0.39 is 0 Å². The van der Waals surface area contributed by atoms with E-state index in [0.29, 0.717) is 14.3 Å². The highest BCUT2D eigenvalue weighted by Crippen LogP contribution is 2.53. The summed E-state index contributed by atoms with van der Waals surface area (Å²) in [6.07, 6.45) is 9.78. The van der Waals surface area contributed by atoms with Gasteiger partial charge >= 0.3 is 0 Å². The van der Waals surface area contributed by atoms with Gasteiger partial charge in [-0.05, 0) is 79.4 Å². The largest absolute Gasteiger partial charge is 0.507 e. The summed E-state index contributed by atoms with van der Waals surface area (Å²) in [5.41, 5.74) is 6.36. The molecule has 1 N–H and O–H groups in total. The van der Waals surface area contributed by atoms with Gasteiger partial charge in [-0.3, -0.25) is 0 Å². The number of phenols is 1. The van der Waals surface area contributed by atoms with Crippen molar-refractivity contribution in [3.8, 4) is 5.75 Å². The van der Waals surface area contributed by atoms with Crippen molar-refractivity contribution < 1.29 is 5.11 Å². The summed E-state index contributed by atoms with van der Waals surface area (Å²) in [5, 5.41) is 12.9. The van der Waals surface area contributed by atoms with E-state index in [0.717, 1.165) is 18.4 Å². The first kappa shape index (κ1) is 27.1. The molecule has 0 radical (unpaired) electrons. The van der Waals surface area contributed by atoms with Crippen molar-refractivity contribution >= 4 is 19.6 Å². The fraction of sp³-hybridized carbons (Fsp3) is 0.613. The molecule has 2 atom stereocenters. The minimum atomic E-state index is -0.0366. The highest BCUT2D eigenvalue weighted by molar-refractivity contribution is 7.49. The zero-order chi connectivity index (χ0) is 24.9. The highest BCUT2D eigenvalue weighted by atomic mass is 31.1. The maximum atomic E-state index is 11.4. The Labute approximate surface area is 211 Å². The molecular formula is C31H48NOP. The molecule has 0 amide bonds. The van der Waals surface area contributed by atoms with E-state index in [1.54, 1.807) is 0 Å². The van der Waals surface area contributed by atoms with E-state index in [1.165, 1.54) is 79.3 Å². The minimum absolute atomic E-state index is 0.0366. The van der Waals surface area contributed by atoms with Crippen molar-refractivity contribution in [3.63, 3.8) is 0 Å². The van der Waals surface area contributed by atoms with Crippen LogP contribution in [0.5, 0.6) is 5.75 Å². The summed E-state index contributed by atoms with van der Waals surface area (Å²) in [6, 6.07) is 11.6. The van der Waals surface area contributed by atoms with Crippen LogP contribution in [-0.2, 0) is 10.6 Å². The van der Waals surface area contributed by atoms with Crippen LogP contribution >= 0.6 is 8.58 Å². The quantitative estimate of drug-likeness (QED) is 0.287.